The van der Waals surface area contributed by atoms with E-state index < -0.39 is 128 Å². The molecule has 0 spiro atoms. The Labute approximate surface area is 696 Å². The third kappa shape index (κ3) is 28.2. The summed E-state index contributed by atoms with van der Waals surface area (Å²) in [7, 11) is -3.66. The Hall–Kier alpha value is -7.75. The molecule has 2 aliphatic rings. The topological polar surface area (TPSA) is 213 Å². The molecule has 0 aromatic heterocycles. The lowest BCUT2D eigenvalue weighted by Crippen LogP contribution is -2.68. The number of alkyl halides is 3. The average Bonchev–Trinajstić information content (AvgIpc) is 1.00. The zero-order valence-electron chi connectivity index (χ0n) is 71.6. The van der Waals surface area contributed by atoms with E-state index in [0.29, 0.717) is 46.0 Å². The molecule has 19 nitrogen and oxygen atoms in total. The average molecular weight is 1720 g/mol. The van der Waals surface area contributed by atoms with Crippen molar-refractivity contribution in [1.82, 2.24) is 0 Å². The highest BCUT2D eigenvalue weighted by atomic mass is 28.4. The lowest BCUT2D eigenvalue weighted by molar-refractivity contribution is -0.246. The second-order valence-electron chi connectivity index (χ2n) is 34.0. The van der Waals surface area contributed by atoms with Gasteiger partial charge in [0.05, 0.1) is 39.6 Å². The number of aliphatic hydroxyl groups excluding tert-OH is 2. The number of methoxy groups -OCH3 is 4. The van der Waals surface area contributed by atoms with Crippen LogP contribution in [0.25, 0.3) is 12.2 Å². The van der Waals surface area contributed by atoms with Gasteiger partial charge < -0.3 is 75.9 Å². The molecule has 648 valence electrons. The standard InChI is InChI=1S/C45H59F3O9Si2.C44H61FO10Si2.F2/c1-43(2,3)59(34-20-13-11-14-21-34,35-22-15-12-16-23-35)57-39(45(46,47)48)26-18-24-36(49)41-37(55-44(4,5)56-41)25-17-19-32-29-33(52-7)30-38(54-31-51-6)40(32)42(50)53-27-28-58(8,9)10;1-43(2,3)57(34-20-13-11-14-21-34,35-22-15-12-16-23-35)55-39(54-45)26-18-24-36(46)41-37(52-44(4,5)53-41)25-17-19-32-29-33(49-7)30-38(51-31-48-6)40(32)42(47)50-27-28-56(8,9)10;1-2/h11-17,19-23,29-30,36-37,39,41,49H,25-28,31H2,1-10H3;11-24,29-30,36-37,39,41,46H,25-28,31H2,1-10H3;/b19-17+;19-17+,24-18-;/t36?,37-,39+,41+;36?,37-,39?,41+;/m00./s1. The van der Waals surface area contributed by atoms with E-state index in [0.717, 1.165) is 22.5 Å². The van der Waals surface area contributed by atoms with Crippen LogP contribution in [0.2, 0.25) is 61.4 Å². The minimum absolute atomic E-state index is 0.0275. The molecule has 8 atom stereocenters. The van der Waals surface area contributed by atoms with Crippen molar-refractivity contribution in [3.63, 3.8) is 0 Å². The normalized spacial score (nSPS) is 18.1. The molecule has 2 saturated heterocycles. The molecule has 29 heteroatoms. The van der Waals surface area contributed by atoms with Crippen LogP contribution in [0.15, 0.2) is 170 Å². The van der Waals surface area contributed by atoms with Crippen molar-refractivity contribution < 1.29 is 117 Å². The Kier molecular flexibility index (Phi) is 37.5. The van der Waals surface area contributed by atoms with Crippen LogP contribution in [0.4, 0.5) is 26.8 Å². The first-order valence-corrected chi connectivity index (χ1v) is 50.4. The number of aliphatic hydroxyl groups is 2. The number of carbonyl (C=O) groups excluding carboxylic acids is 2. The van der Waals surface area contributed by atoms with Crippen molar-refractivity contribution in [2.24, 2.45) is 0 Å². The molecule has 6 aromatic rings. The van der Waals surface area contributed by atoms with Gasteiger partial charge in [-0.25, -0.2) is 9.59 Å². The molecule has 118 heavy (non-hydrogen) atoms. The first-order valence-electron chi connectivity index (χ1n) is 39.2. The molecule has 0 aliphatic carbocycles. The van der Waals surface area contributed by atoms with E-state index in [2.05, 4.69) is 76.8 Å². The van der Waals surface area contributed by atoms with E-state index in [-0.39, 0.29) is 55.7 Å². The summed E-state index contributed by atoms with van der Waals surface area (Å²) >= 11 is 0. The number of hydrogen-bond donors (Lipinski definition) is 2. The lowest BCUT2D eigenvalue weighted by atomic mass is 10.0. The van der Waals surface area contributed by atoms with Crippen LogP contribution < -0.4 is 39.7 Å². The third-order valence-electron chi connectivity index (χ3n) is 19.5. The van der Waals surface area contributed by atoms with Crippen LogP contribution >= 0.6 is 0 Å². The van der Waals surface area contributed by atoms with Gasteiger partial charge in [-0.3, -0.25) is 0 Å². The van der Waals surface area contributed by atoms with Crippen LogP contribution in [-0.4, -0.2) is 177 Å². The Balaban J connectivity index is 0.000000359. The highest BCUT2D eigenvalue weighted by Crippen LogP contribution is 2.43. The number of halogens is 6. The maximum Gasteiger partial charge on any atom is 0.414 e. The van der Waals surface area contributed by atoms with Crippen molar-refractivity contribution in [3.8, 4) is 34.8 Å². The van der Waals surface area contributed by atoms with E-state index in [4.69, 9.17) is 74.8 Å². The number of esters is 2. The minimum Gasteiger partial charge on any atom is -0.497 e. The van der Waals surface area contributed by atoms with Crippen LogP contribution in [0.1, 0.15) is 127 Å². The van der Waals surface area contributed by atoms with E-state index in [1.165, 1.54) is 28.4 Å². The van der Waals surface area contributed by atoms with Crippen molar-refractivity contribution in [1.29, 1.82) is 0 Å². The summed E-state index contributed by atoms with van der Waals surface area (Å²) in [6.07, 6.45) is -3.88. The van der Waals surface area contributed by atoms with Gasteiger partial charge >= 0.3 is 18.1 Å². The third-order valence-corrected chi connectivity index (χ3v) is 32.9. The van der Waals surface area contributed by atoms with Crippen molar-refractivity contribution in [2.45, 2.75) is 223 Å². The molecule has 0 amide bonds. The summed E-state index contributed by atoms with van der Waals surface area (Å²) < 4.78 is 157. The fourth-order valence-corrected chi connectivity index (χ4v) is 24.5. The molecule has 2 fully saturated rings. The molecular formula is C89H120F6O19Si4. The van der Waals surface area contributed by atoms with Gasteiger partial charge in [-0.2, -0.15) is 18.1 Å². The maximum absolute atomic E-state index is 14.9. The molecule has 0 saturated carbocycles. The largest absolute Gasteiger partial charge is 0.497 e. The number of hydrogen-bond acceptors (Lipinski definition) is 19. The molecule has 3 unspecified atom stereocenters. The lowest BCUT2D eigenvalue weighted by Gasteiger charge is -2.45. The van der Waals surface area contributed by atoms with Crippen molar-refractivity contribution >= 4 is 77.6 Å². The monoisotopic (exact) mass is 1720 g/mol. The maximum atomic E-state index is 14.9. The first kappa shape index (κ1) is 99.1. The summed E-state index contributed by atoms with van der Waals surface area (Å²) in [6.45, 7) is 32.5. The van der Waals surface area contributed by atoms with Crippen LogP contribution in [0, 0.1) is 11.8 Å². The fraction of sp³-hybridized carbons (Fsp3) is 0.483. The Bertz CT molecular complexity index is 4160. The van der Waals surface area contributed by atoms with Gasteiger partial charge in [0.25, 0.3) is 16.6 Å². The van der Waals surface area contributed by atoms with Gasteiger partial charge in [0.15, 0.2) is 37.6 Å². The van der Waals surface area contributed by atoms with E-state index >= 15 is 0 Å². The molecule has 6 aromatic carbocycles. The van der Waals surface area contributed by atoms with E-state index in [9.17, 15) is 37.5 Å². The van der Waals surface area contributed by atoms with E-state index in [1.54, 1.807) is 107 Å². The Morgan fingerprint density at radius 3 is 1.26 bits per heavy atom. The molecule has 2 N–H and O–H groups in total. The summed E-state index contributed by atoms with van der Waals surface area (Å²) in [4.78, 5) is 31.5. The van der Waals surface area contributed by atoms with Gasteiger partial charge in [0.1, 0.15) is 58.5 Å². The van der Waals surface area contributed by atoms with E-state index in [1.807, 2.05) is 124 Å². The van der Waals surface area contributed by atoms with Crippen LogP contribution in [-0.2, 0) is 51.7 Å². The quantitative estimate of drug-likeness (QED) is 0.00926. The van der Waals surface area contributed by atoms with Crippen LogP contribution in [0.3, 0.4) is 0 Å². The highest BCUT2D eigenvalue weighted by molar-refractivity contribution is 7.00. The summed E-state index contributed by atoms with van der Waals surface area (Å²) in [5.41, 5.74) is 1.39. The molecule has 2 aliphatic heterocycles. The summed E-state index contributed by atoms with van der Waals surface area (Å²) in [6, 6.07) is 46.2. The summed E-state index contributed by atoms with van der Waals surface area (Å²) in [5, 5.41) is 25.0. The molecule has 8 rings (SSSR count). The predicted molar refractivity (Wildman–Crippen MR) is 456 cm³/mol. The number of carbonyl (C=O) groups is 2. The predicted octanol–water partition coefficient (Wildman–Crippen LogP) is 17.4. The molecule has 2 heterocycles. The molecular weight excluding hydrogens is 1600 g/mol. The van der Waals surface area contributed by atoms with Crippen LogP contribution in [0.5, 0.6) is 23.0 Å². The van der Waals surface area contributed by atoms with Crippen molar-refractivity contribution in [3.05, 3.63) is 192 Å². The van der Waals surface area contributed by atoms with Gasteiger partial charge in [0, 0.05) is 64.5 Å². The Morgan fingerprint density at radius 2 is 0.915 bits per heavy atom. The SMILES string of the molecule is COCOc1cc(OC)cc(/C=C/C[C@@H]2OC(C)(C)O[C@@H]2C(O)/C=C\CC(OF)O[Si](c2ccccc2)(c2ccccc2)C(C)(C)C)c1C(=O)OCC[Si](C)(C)C.COCOc1cc(OC)cc(/C=C/C[C@@H]2OC(C)(C)O[C@@H]2C(O)C#CC[C@@H](O[Si](c2ccccc2)(c2ccccc2)C(C)(C)C)C(F)(F)F)c1C(=O)OCC[Si](C)(C)C.FF. The Morgan fingerprint density at radius 1 is 0.542 bits per heavy atom. The van der Waals surface area contributed by atoms with Gasteiger partial charge in [-0.15, -0.1) is 0 Å². The second-order valence-corrected chi connectivity index (χ2v) is 53.7. The van der Waals surface area contributed by atoms with Gasteiger partial charge in [-0.05, 0) is 111 Å². The highest BCUT2D eigenvalue weighted by Gasteiger charge is 2.56. The van der Waals surface area contributed by atoms with Crippen molar-refractivity contribution in [2.75, 3.05) is 55.2 Å². The number of rotatable bonds is 37. The summed E-state index contributed by atoms with van der Waals surface area (Å²) in [5.74, 6) is 3.39. The number of ether oxygens (including phenoxy) is 12. The minimum atomic E-state index is -4.76. The zero-order valence-corrected chi connectivity index (χ0v) is 75.6. The molecule has 0 radical (unpaired) electrons. The van der Waals surface area contributed by atoms with Gasteiger partial charge in [-0.1, -0.05) is 250 Å². The van der Waals surface area contributed by atoms with Gasteiger partial charge in [0.2, 0.25) is 0 Å². The fourth-order valence-electron chi connectivity index (χ4n) is 13.9. The smallest absolute Gasteiger partial charge is 0.414 e. The zero-order chi connectivity index (χ0) is 87.5. The molecule has 0 bridgehead atoms. The second kappa shape index (κ2) is 44.7. The first-order chi connectivity index (χ1) is 55.6. The number of benzene rings is 6.